The maximum atomic E-state index is 10.4. The minimum atomic E-state index is -3.32. The Kier molecular flexibility index (Phi) is 2.64. The molecule has 54 valence electrons. The summed E-state index contributed by atoms with van der Waals surface area (Å²) in [6, 6.07) is 0. The third-order valence-corrected chi connectivity index (χ3v) is 2.35. The van der Waals surface area contributed by atoms with Gasteiger partial charge in [0.05, 0.1) is 0 Å². The van der Waals surface area contributed by atoms with Crippen LogP contribution >= 0.6 is 0 Å². The van der Waals surface area contributed by atoms with Crippen molar-refractivity contribution in [2.45, 2.75) is 6.92 Å². The number of hydrogen-bond acceptors (Lipinski definition) is 3. The van der Waals surface area contributed by atoms with Gasteiger partial charge in [0.15, 0.2) is 9.84 Å². The molecule has 0 aliphatic rings. The van der Waals surface area contributed by atoms with Crippen LogP contribution in [0.4, 0.5) is 0 Å². The molecule has 0 atom stereocenters. The predicted octanol–water partition coefficient (Wildman–Crippen LogP) is -0.494. The number of aliphatic carboxylic acids is 1. The van der Waals surface area contributed by atoms with Gasteiger partial charge in [0.25, 0.3) is 0 Å². The SMILES string of the molecule is CCS(=O)(=O)CC(=O)O. The van der Waals surface area contributed by atoms with Crippen molar-refractivity contribution in [2.24, 2.45) is 0 Å². The maximum Gasteiger partial charge on any atom is 0.318 e. The molecule has 0 rings (SSSR count). The van der Waals surface area contributed by atoms with E-state index in [1.54, 1.807) is 0 Å². The van der Waals surface area contributed by atoms with Crippen LogP contribution in [0, 0.1) is 0 Å². The fourth-order valence-electron chi connectivity index (χ4n) is 0.290. The zero-order valence-electron chi connectivity index (χ0n) is 4.99. The summed E-state index contributed by atoms with van der Waals surface area (Å²) >= 11 is 0. The van der Waals surface area contributed by atoms with Crippen molar-refractivity contribution in [2.75, 3.05) is 11.5 Å². The zero-order valence-corrected chi connectivity index (χ0v) is 5.81. The first-order valence-electron chi connectivity index (χ1n) is 2.40. The number of sulfone groups is 1. The smallest absolute Gasteiger partial charge is 0.318 e. The fourth-order valence-corrected chi connectivity index (χ4v) is 0.871. The van der Waals surface area contributed by atoms with Crippen LogP contribution in [0.25, 0.3) is 0 Å². The molecular formula is C4H8O4S. The first kappa shape index (κ1) is 8.42. The maximum absolute atomic E-state index is 10.4. The van der Waals surface area contributed by atoms with Crippen molar-refractivity contribution < 1.29 is 18.3 Å². The largest absolute Gasteiger partial charge is 0.480 e. The van der Waals surface area contributed by atoms with Crippen LogP contribution in [0.3, 0.4) is 0 Å². The second-order valence-corrected chi connectivity index (χ2v) is 3.92. The van der Waals surface area contributed by atoms with Gasteiger partial charge in [-0.15, -0.1) is 0 Å². The molecule has 0 amide bonds. The Morgan fingerprint density at radius 2 is 2.00 bits per heavy atom. The van der Waals surface area contributed by atoms with Crippen LogP contribution in [0.5, 0.6) is 0 Å². The summed E-state index contributed by atoms with van der Waals surface area (Å²) < 4.78 is 20.9. The summed E-state index contributed by atoms with van der Waals surface area (Å²) in [6.07, 6.45) is 0. The van der Waals surface area contributed by atoms with Crippen LogP contribution in [-0.4, -0.2) is 31.0 Å². The predicted molar refractivity (Wildman–Crippen MR) is 32.0 cm³/mol. The topological polar surface area (TPSA) is 71.4 Å². The second-order valence-electron chi connectivity index (χ2n) is 1.57. The van der Waals surface area contributed by atoms with Crippen molar-refractivity contribution >= 4 is 15.8 Å². The van der Waals surface area contributed by atoms with Crippen molar-refractivity contribution in [3.63, 3.8) is 0 Å². The highest BCUT2D eigenvalue weighted by atomic mass is 32.2. The lowest BCUT2D eigenvalue weighted by Crippen LogP contribution is -2.16. The molecule has 0 heterocycles. The van der Waals surface area contributed by atoms with Crippen LogP contribution in [-0.2, 0) is 14.6 Å². The first-order valence-corrected chi connectivity index (χ1v) is 4.22. The summed E-state index contributed by atoms with van der Waals surface area (Å²) in [5, 5.41) is 8.00. The molecule has 4 nitrogen and oxygen atoms in total. The molecule has 0 aromatic carbocycles. The highest BCUT2D eigenvalue weighted by Gasteiger charge is 2.11. The zero-order chi connectivity index (χ0) is 7.49. The molecule has 0 aliphatic carbocycles. The van der Waals surface area contributed by atoms with E-state index in [0.29, 0.717) is 0 Å². The highest BCUT2D eigenvalue weighted by molar-refractivity contribution is 7.92. The average Bonchev–Trinajstić information content (AvgIpc) is 1.63. The van der Waals surface area contributed by atoms with E-state index in [9.17, 15) is 13.2 Å². The molecule has 0 unspecified atom stereocenters. The minimum absolute atomic E-state index is 0.112. The molecule has 0 saturated heterocycles. The molecule has 0 radical (unpaired) electrons. The Labute approximate surface area is 53.4 Å². The molecule has 0 bridgehead atoms. The third-order valence-electron chi connectivity index (χ3n) is 0.783. The Balaban J connectivity index is 4.06. The lowest BCUT2D eigenvalue weighted by atomic mass is 10.8. The second kappa shape index (κ2) is 2.82. The van der Waals surface area contributed by atoms with Gasteiger partial charge in [-0.2, -0.15) is 0 Å². The lowest BCUT2D eigenvalue weighted by molar-refractivity contribution is -0.134. The molecule has 0 aliphatic heterocycles. The van der Waals surface area contributed by atoms with E-state index < -0.39 is 21.6 Å². The number of rotatable bonds is 3. The van der Waals surface area contributed by atoms with Crippen molar-refractivity contribution in [1.82, 2.24) is 0 Å². The van der Waals surface area contributed by atoms with Gasteiger partial charge in [-0.05, 0) is 0 Å². The van der Waals surface area contributed by atoms with Crippen molar-refractivity contribution in [1.29, 1.82) is 0 Å². The molecule has 5 heteroatoms. The summed E-state index contributed by atoms with van der Waals surface area (Å²) in [5.41, 5.74) is 0. The van der Waals surface area contributed by atoms with E-state index in [1.165, 1.54) is 6.92 Å². The van der Waals surface area contributed by atoms with Gasteiger partial charge in [0, 0.05) is 5.75 Å². The van der Waals surface area contributed by atoms with E-state index in [2.05, 4.69) is 0 Å². The van der Waals surface area contributed by atoms with E-state index in [-0.39, 0.29) is 5.75 Å². The van der Waals surface area contributed by atoms with Gasteiger partial charge in [-0.3, -0.25) is 4.79 Å². The average molecular weight is 152 g/mol. The lowest BCUT2D eigenvalue weighted by Gasteiger charge is -1.92. The van der Waals surface area contributed by atoms with Crippen LogP contribution < -0.4 is 0 Å². The summed E-state index contributed by atoms with van der Waals surface area (Å²) in [6.45, 7) is 1.41. The fraction of sp³-hybridized carbons (Fsp3) is 0.750. The van der Waals surface area contributed by atoms with Crippen LogP contribution in [0.2, 0.25) is 0 Å². The van der Waals surface area contributed by atoms with E-state index in [4.69, 9.17) is 5.11 Å². The molecule has 0 aromatic rings. The Hall–Kier alpha value is -0.580. The van der Waals surface area contributed by atoms with Crippen molar-refractivity contribution in [3.05, 3.63) is 0 Å². The standard InChI is InChI=1S/C4H8O4S/c1-2-9(7,8)3-4(5)6/h2-3H2,1H3,(H,5,6). The number of carbonyl (C=O) groups is 1. The van der Waals surface area contributed by atoms with E-state index in [1.807, 2.05) is 0 Å². The van der Waals surface area contributed by atoms with Gasteiger partial charge >= 0.3 is 5.97 Å². The van der Waals surface area contributed by atoms with E-state index >= 15 is 0 Å². The molecule has 0 spiro atoms. The van der Waals surface area contributed by atoms with Crippen LogP contribution in [0.1, 0.15) is 6.92 Å². The molecule has 9 heavy (non-hydrogen) atoms. The summed E-state index contributed by atoms with van der Waals surface area (Å²) in [5.74, 6) is -2.17. The third kappa shape index (κ3) is 3.96. The highest BCUT2D eigenvalue weighted by Crippen LogP contribution is 1.87. The van der Waals surface area contributed by atoms with Crippen LogP contribution in [0.15, 0.2) is 0 Å². The number of carboxylic acids is 1. The first-order chi connectivity index (χ1) is 3.98. The number of carboxylic acid groups (broad SMARTS) is 1. The minimum Gasteiger partial charge on any atom is -0.480 e. The molecule has 0 saturated carbocycles. The Bertz CT molecular complexity index is 191. The normalized spacial score (nSPS) is 11.2. The Morgan fingerprint density at radius 3 is 2.11 bits per heavy atom. The van der Waals surface area contributed by atoms with Crippen molar-refractivity contribution in [3.8, 4) is 0 Å². The van der Waals surface area contributed by atoms with Gasteiger partial charge in [-0.1, -0.05) is 6.92 Å². The van der Waals surface area contributed by atoms with E-state index in [0.717, 1.165) is 0 Å². The number of hydrogen-bond donors (Lipinski definition) is 1. The molecule has 0 fully saturated rings. The molecule has 0 aromatic heterocycles. The Morgan fingerprint density at radius 1 is 1.56 bits per heavy atom. The van der Waals surface area contributed by atoms with Gasteiger partial charge in [0.2, 0.25) is 0 Å². The van der Waals surface area contributed by atoms with Gasteiger partial charge in [-0.25, -0.2) is 8.42 Å². The van der Waals surface area contributed by atoms with Gasteiger partial charge < -0.3 is 5.11 Å². The molecular weight excluding hydrogens is 144 g/mol. The quantitative estimate of drug-likeness (QED) is 0.592. The summed E-state index contributed by atoms with van der Waals surface area (Å²) in [4.78, 5) is 9.79. The molecule has 1 N–H and O–H groups in total. The monoisotopic (exact) mass is 152 g/mol. The summed E-state index contributed by atoms with van der Waals surface area (Å²) in [7, 11) is -3.32. The van der Waals surface area contributed by atoms with Gasteiger partial charge in [0.1, 0.15) is 5.75 Å².